The predicted octanol–water partition coefficient (Wildman–Crippen LogP) is 4.96. The lowest BCUT2D eigenvalue weighted by atomic mass is 10.0. The number of rotatable bonds is 4. The van der Waals surface area contributed by atoms with E-state index in [2.05, 4.69) is 55.6 Å². The maximum atomic E-state index is 12.5. The van der Waals surface area contributed by atoms with Crippen molar-refractivity contribution in [2.24, 2.45) is 0 Å². The Labute approximate surface area is 140 Å². The van der Waals surface area contributed by atoms with Crippen LogP contribution in [-0.4, -0.2) is 5.91 Å². The fourth-order valence-corrected chi connectivity index (χ4v) is 3.25. The first kappa shape index (κ1) is 15.5. The summed E-state index contributed by atoms with van der Waals surface area (Å²) in [4.78, 5) is 13.3. The second-order valence-electron chi connectivity index (χ2n) is 5.70. The number of amides is 1. The van der Waals surface area contributed by atoms with Gasteiger partial charge in [0.15, 0.2) is 0 Å². The van der Waals surface area contributed by atoms with E-state index >= 15 is 0 Å². The number of thiophene rings is 1. The molecule has 0 spiro atoms. The molecular formula is C20H19NOS. The van der Waals surface area contributed by atoms with Gasteiger partial charge in [-0.05, 0) is 36.4 Å². The van der Waals surface area contributed by atoms with E-state index in [0.717, 1.165) is 21.6 Å². The van der Waals surface area contributed by atoms with Gasteiger partial charge in [-0.1, -0.05) is 59.7 Å². The Morgan fingerprint density at radius 3 is 2.17 bits per heavy atom. The van der Waals surface area contributed by atoms with Gasteiger partial charge in [-0.25, -0.2) is 0 Å². The minimum atomic E-state index is -0.0175. The summed E-state index contributed by atoms with van der Waals surface area (Å²) >= 11 is 1.48. The van der Waals surface area contributed by atoms with Crippen LogP contribution < -0.4 is 5.32 Å². The van der Waals surface area contributed by atoms with E-state index in [4.69, 9.17) is 0 Å². The zero-order chi connectivity index (χ0) is 16.2. The summed E-state index contributed by atoms with van der Waals surface area (Å²) in [5, 5.41) is 4.98. The molecule has 23 heavy (non-hydrogen) atoms. The van der Waals surface area contributed by atoms with E-state index in [0.29, 0.717) is 6.54 Å². The summed E-state index contributed by atoms with van der Waals surface area (Å²) in [7, 11) is 0. The molecule has 0 aliphatic carbocycles. The minimum absolute atomic E-state index is 0.0175. The molecule has 0 unspecified atom stereocenters. The van der Waals surface area contributed by atoms with Crippen LogP contribution >= 0.6 is 11.3 Å². The maximum absolute atomic E-state index is 12.5. The summed E-state index contributed by atoms with van der Waals surface area (Å²) in [6.45, 7) is 4.67. The van der Waals surface area contributed by atoms with Gasteiger partial charge in [-0.2, -0.15) is 0 Å². The smallest absolute Gasteiger partial charge is 0.262 e. The second-order valence-corrected chi connectivity index (χ2v) is 6.61. The van der Waals surface area contributed by atoms with Crippen molar-refractivity contribution in [3.8, 4) is 11.1 Å². The topological polar surface area (TPSA) is 29.1 Å². The van der Waals surface area contributed by atoms with E-state index in [1.165, 1.54) is 22.5 Å². The fourth-order valence-electron chi connectivity index (χ4n) is 2.41. The van der Waals surface area contributed by atoms with Crippen LogP contribution in [0.25, 0.3) is 11.1 Å². The molecule has 0 aliphatic rings. The third kappa shape index (κ3) is 3.69. The Morgan fingerprint density at radius 2 is 1.52 bits per heavy atom. The molecular weight excluding hydrogens is 302 g/mol. The maximum Gasteiger partial charge on any atom is 0.262 e. The quantitative estimate of drug-likeness (QED) is 0.723. The van der Waals surface area contributed by atoms with E-state index in [1.54, 1.807) is 0 Å². The summed E-state index contributed by atoms with van der Waals surface area (Å²) in [6, 6.07) is 18.5. The normalized spacial score (nSPS) is 10.5. The molecule has 1 amide bonds. The number of carbonyl (C=O) groups excluding carboxylic acids is 1. The molecule has 1 N–H and O–H groups in total. The van der Waals surface area contributed by atoms with Crippen LogP contribution in [0.5, 0.6) is 0 Å². The van der Waals surface area contributed by atoms with Crippen molar-refractivity contribution in [2.45, 2.75) is 20.4 Å². The molecule has 1 aromatic heterocycles. The average Bonchev–Trinajstić information content (AvgIpc) is 3.04. The monoisotopic (exact) mass is 321 g/mol. The van der Waals surface area contributed by atoms with Crippen LogP contribution in [0.1, 0.15) is 26.4 Å². The van der Waals surface area contributed by atoms with Crippen molar-refractivity contribution in [3.63, 3.8) is 0 Å². The first-order valence-electron chi connectivity index (χ1n) is 7.62. The summed E-state index contributed by atoms with van der Waals surface area (Å²) in [6.07, 6.45) is 0. The Hall–Kier alpha value is -2.39. The molecule has 1 heterocycles. The zero-order valence-electron chi connectivity index (χ0n) is 13.3. The minimum Gasteiger partial charge on any atom is -0.347 e. The highest BCUT2D eigenvalue weighted by Crippen LogP contribution is 2.28. The van der Waals surface area contributed by atoms with Crippen molar-refractivity contribution < 1.29 is 4.79 Å². The Kier molecular flexibility index (Phi) is 4.58. The summed E-state index contributed by atoms with van der Waals surface area (Å²) in [5.74, 6) is -0.0175. The average molecular weight is 321 g/mol. The van der Waals surface area contributed by atoms with Crippen LogP contribution in [0.15, 0.2) is 60.0 Å². The number of hydrogen-bond acceptors (Lipinski definition) is 2. The standard InChI is InChI=1S/C20H19NOS/c1-14-3-7-16(8-4-14)13-21-20(22)19-18(11-12-23-19)17-9-5-15(2)6-10-17/h3-12H,13H2,1-2H3,(H,21,22). The van der Waals surface area contributed by atoms with Gasteiger partial charge < -0.3 is 5.32 Å². The first-order valence-corrected chi connectivity index (χ1v) is 8.50. The SMILES string of the molecule is Cc1ccc(CNC(=O)c2sccc2-c2ccc(C)cc2)cc1. The van der Waals surface area contributed by atoms with Crippen molar-refractivity contribution >= 4 is 17.2 Å². The molecule has 116 valence electrons. The first-order chi connectivity index (χ1) is 11.1. The van der Waals surface area contributed by atoms with E-state index < -0.39 is 0 Å². The van der Waals surface area contributed by atoms with Gasteiger partial charge in [0.2, 0.25) is 0 Å². The largest absolute Gasteiger partial charge is 0.347 e. The summed E-state index contributed by atoms with van der Waals surface area (Å²) < 4.78 is 0. The van der Waals surface area contributed by atoms with Crippen molar-refractivity contribution in [1.29, 1.82) is 0 Å². The molecule has 2 aromatic carbocycles. The van der Waals surface area contributed by atoms with Crippen molar-refractivity contribution in [3.05, 3.63) is 81.5 Å². The third-order valence-corrected chi connectivity index (χ3v) is 4.72. The molecule has 3 heteroatoms. The lowest BCUT2D eigenvalue weighted by Gasteiger charge is -2.07. The van der Waals surface area contributed by atoms with Crippen LogP contribution in [0.3, 0.4) is 0 Å². The Bertz CT molecular complexity index is 800. The van der Waals surface area contributed by atoms with E-state index in [1.807, 2.05) is 23.6 Å². The van der Waals surface area contributed by atoms with Crippen LogP contribution in [0.2, 0.25) is 0 Å². The van der Waals surface area contributed by atoms with Crippen molar-refractivity contribution in [1.82, 2.24) is 5.32 Å². The number of nitrogens with one attached hydrogen (secondary N) is 1. The molecule has 0 atom stereocenters. The number of benzene rings is 2. The molecule has 0 bridgehead atoms. The Morgan fingerprint density at radius 1 is 0.913 bits per heavy atom. The fraction of sp³-hybridized carbons (Fsp3) is 0.150. The van der Waals surface area contributed by atoms with Gasteiger partial charge in [0, 0.05) is 12.1 Å². The number of aryl methyl sites for hydroxylation is 2. The highest BCUT2D eigenvalue weighted by molar-refractivity contribution is 7.12. The lowest BCUT2D eigenvalue weighted by Crippen LogP contribution is -2.22. The van der Waals surface area contributed by atoms with E-state index in [-0.39, 0.29) is 5.91 Å². The zero-order valence-corrected chi connectivity index (χ0v) is 14.1. The van der Waals surface area contributed by atoms with Gasteiger partial charge in [0.1, 0.15) is 0 Å². The van der Waals surface area contributed by atoms with Gasteiger partial charge >= 0.3 is 0 Å². The van der Waals surface area contributed by atoms with Crippen molar-refractivity contribution in [2.75, 3.05) is 0 Å². The predicted molar refractivity (Wildman–Crippen MR) is 96.8 cm³/mol. The highest BCUT2D eigenvalue weighted by atomic mass is 32.1. The number of hydrogen-bond donors (Lipinski definition) is 1. The number of carbonyl (C=O) groups is 1. The molecule has 0 aliphatic heterocycles. The molecule has 2 nitrogen and oxygen atoms in total. The lowest BCUT2D eigenvalue weighted by molar-refractivity contribution is 0.0955. The van der Waals surface area contributed by atoms with Gasteiger partial charge in [-0.15, -0.1) is 11.3 Å². The van der Waals surface area contributed by atoms with E-state index in [9.17, 15) is 4.79 Å². The third-order valence-electron chi connectivity index (χ3n) is 3.81. The molecule has 3 rings (SSSR count). The van der Waals surface area contributed by atoms with Gasteiger partial charge in [0.05, 0.1) is 4.88 Å². The molecule has 0 radical (unpaired) electrons. The van der Waals surface area contributed by atoms with Gasteiger partial charge in [-0.3, -0.25) is 4.79 Å². The molecule has 0 saturated heterocycles. The van der Waals surface area contributed by atoms with Crippen LogP contribution in [-0.2, 0) is 6.54 Å². The Balaban J connectivity index is 1.74. The highest BCUT2D eigenvalue weighted by Gasteiger charge is 2.14. The molecule has 0 fully saturated rings. The molecule has 0 saturated carbocycles. The second kappa shape index (κ2) is 6.80. The van der Waals surface area contributed by atoms with Gasteiger partial charge in [0.25, 0.3) is 5.91 Å². The molecule has 3 aromatic rings. The summed E-state index contributed by atoms with van der Waals surface area (Å²) in [5.41, 5.74) is 5.63. The van der Waals surface area contributed by atoms with Crippen LogP contribution in [0.4, 0.5) is 0 Å². The van der Waals surface area contributed by atoms with Crippen LogP contribution in [0, 0.1) is 13.8 Å².